The normalized spacial score (nSPS) is 13.1. The molecule has 2 amide bonds. The number of aromatic nitrogens is 2. The molecule has 1 aliphatic heterocycles. The number of para-hydroxylation sites is 2. The fraction of sp³-hybridized carbons (Fsp3) is 0.125. The summed E-state index contributed by atoms with van der Waals surface area (Å²) in [6, 6.07) is 24.5. The van der Waals surface area contributed by atoms with Crippen LogP contribution in [0.2, 0.25) is 0 Å². The van der Waals surface area contributed by atoms with Crippen LogP contribution in [-0.4, -0.2) is 33.2 Å². The number of amides is 2. The van der Waals surface area contributed by atoms with Crippen LogP contribution in [0.4, 0.5) is 18.9 Å². The van der Waals surface area contributed by atoms with E-state index in [0.717, 1.165) is 28.8 Å². The number of carbonyl (C=O) groups is 2. The van der Waals surface area contributed by atoms with E-state index in [1.807, 2.05) is 36.4 Å². The Bertz CT molecular complexity index is 1780. The van der Waals surface area contributed by atoms with E-state index in [1.54, 1.807) is 35.2 Å². The molecule has 1 N–H and O–H groups in total. The Labute approximate surface area is 233 Å². The fourth-order valence-electron chi connectivity index (χ4n) is 5.00. The molecule has 0 radical (unpaired) electrons. The van der Waals surface area contributed by atoms with Crippen molar-refractivity contribution >= 4 is 28.5 Å². The molecule has 0 spiro atoms. The summed E-state index contributed by atoms with van der Waals surface area (Å²) in [5, 5.41) is 2.91. The van der Waals surface area contributed by atoms with Gasteiger partial charge in [0, 0.05) is 24.3 Å². The van der Waals surface area contributed by atoms with Crippen LogP contribution >= 0.6 is 0 Å². The van der Waals surface area contributed by atoms with Gasteiger partial charge in [-0.1, -0.05) is 48.5 Å². The quantitative estimate of drug-likeness (QED) is 0.267. The fourth-order valence-corrected chi connectivity index (χ4v) is 5.00. The predicted molar refractivity (Wildman–Crippen MR) is 149 cm³/mol. The maximum Gasteiger partial charge on any atom is 0.416 e. The molecule has 0 aliphatic carbocycles. The summed E-state index contributed by atoms with van der Waals surface area (Å²) in [6.07, 6.45) is -2.33. The van der Waals surface area contributed by atoms with Crippen LogP contribution < -0.4 is 5.32 Å². The second-order valence-corrected chi connectivity index (χ2v) is 9.78. The first kappa shape index (κ1) is 26.2. The zero-order chi connectivity index (χ0) is 28.6. The van der Waals surface area contributed by atoms with E-state index in [4.69, 9.17) is 0 Å². The summed E-state index contributed by atoms with van der Waals surface area (Å²) in [5.74, 6) is -0.561. The van der Waals surface area contributed by atoms with Gasteiger partial charge in [0.15, 0.2) is 0 Å². The SMILES string of the molecule is O=C(Nc1ccc2c(c1)CCN(C(=O)c1cnc3ccccc3n1)C2)c1ccccc1-c1ccc(C(F)(F)F)cc1. The molecular formula is C32H23F3N4O2. The average Bonchev–Trinajstić information content (AvgIpc) is 3.00. The number of alkyl halides is 3. The lowest BCUT2D eigenvalue weighted by atomic mass is 9.97. The first-order valence-electron chi connectivity index (χ1n) is 13.0. The third-order valence-electron chi connectivity index (χ3n) is 7.13. The van der Waals surface area contributed by atoms with Crippen LogP contribution in [0, 0.1) is 0 Å². The zero-order valence-electron chi connectivity index (χ0n) is 21.7. The topological polar surface area (TPSA) is 75.2 Å². The number of benzene rings is 4. The Balaban J connectivity index is 1.17. The molecule has 6 rings (SSSR count). The average molecular weight is 553 g/mol. The summed E-state index contributed by atoms with van der Waals surface area (Å²) in [6.45, 7) is 0.905. The molecule has 0 saturated carbocycles. The second kappa shape index (κ2) is 10.5. The van der Waals surface area contributed by atoms with Crippen molar-refractivity contribution in [3.63, 3.8) is 0 Å². The summed E-state index contributed by atoms with van der Waals surface area (Å²) >= 11 is 0. The smallest absolute Gasteiger partial charge is 0.333 e. The van der Waals surface area contributed by atoms with Crippen molar-refractivity contribution in [1.82, 2.24) is 14.9 Å². The van der Waals surface area contributed by atoms with Gasteiger partial charge in [-0.25, -0.2) is 4.98 Å². The first-order valence-corrected chi connectivity index (χ1v) is 13.0. The summed E-state index contributed by atoms with van der Waals surface area (Å²) in [7, 11) is 0. The molecular weight excluding hydrogens is 529 g/mol. The Hall–Kier alpha value is -5.05. The lowest BCUT2D eigenvalue weighted by Gasteiger charge is -2.29. The second-order valence-electron chi connectivity index (χ2n) is 9.78. The highest BCUT2D eigenvalue weighted by Crippen LogP contribution is 2.32. The van der Waals surface area contributed by atoms with Crippen molar-refractivity contribution in [2.75, 3.05) is 11.9 Å². The van der Waals surface area contributed by atoms with E-state index in [0.29, 0.717) is 53.1 Å². The third kappa shape index (κ3) is 5.38. The lowest BCUT2D eigenvalue weighted by Crippen LogP contribution is -2.36. The van der Waals surface area contributed by atoms with E-state index < -0.39 is 11.7 Å². The van der Waals surface area contributed by atoms with Crippen molar-refractivity contribution in [3.05, 3.63) is 125 Å². The van der Waals surface area contributed by atoms with Crippen LogP contribution in [0.1, 0.15) is 37.5 Å². The third-order valence-corrected chi connectivity index (χ3v) is 7.13. The lowest BCUT2D eigenvalue weighted by molar-refractivity contribution is -0.137. The molecule has 0 fully saturated rings. The van der Waals surface area contributed by atoms with Gasteiger partial charge in [0.05, 0.1) is 22.8 Å². The Morgan fingerprint density at radius 3 is 2.34 bits per heavy atom. The van der Waals surface area contributed by atoms with Gasteiger partial charge in [0.1, 0.15) is 5.69 Å². The van der Waals surface area contributed by atoms with Gasteiger partial charge in [-0.05, 0) is 71.1 Å². The van der Waals surface area contributed by atoms with Crippen molar-refractivity contribution in [1.29, 1.82) is 0 Å². The first-order chi connectivity index (χ1) is 19.8. The van der Waals surface area contributed by atoms with Crippen LogP contribution in [-0.2, 0) is 19.1 Å². The van der Waals surface area contributed by atoms with Crippen LogP contribution in [0.3, 0.4) is 0 Å². The van der Waals surface area contributed by atoms with E-state index in [-0.39, 0.29) is 11.8 Å². The van der Waals surface area contributed by atoms with Crippen molar-refractivity contribution in [2.24, 2.45) is 0 Å². The standard InChI is InChI=1S/C32H23F3N4O2/c33-32(34,35)23-12-9-20(10-13-23)25-5-1-2-6-26(25)30(40)37-24-14-11-22-19-39(16-15-21(22)17-24)31(41)29-18-36-27-7-3-4-8-28(27)38-29/h1-14,17-18H,15-16,19H2,(H,37,40). The van der Waals surface area contributed by atoms with Gasteiger partial charge in [-0.15, -0.1) is 0 Å². The summed E-state index contributed by atoms with van der Waals surface area (Å²) < 4.78 is 39.0. The number of anilines is 1. The van der Waals surface area contributed by atoms with Gasteiger partial charge >= 0.3 is 6.18 Å². The molecule has 204 valence electrons. The highest BCUT2D eigenvalue weighted by atomic mass is 19.4. The van der Waals surface area contributed by atoms with Crippen molar-refractivity contribution in [3.8, 4) is 11.1 Å². The Kier molecular flexibility index (Phi) is 6.70. The minimum absolute atomic E-state index is 0.189. The number of nitrogens with zero attached hydrogens (tertiary/aromatic N) is 3. The largest absolute Gasteiger partial charge is 0.416 e. The van der Waals surface area contributed by atoms with Gasteiger partial charge < -0.3 is 10.2 Å². The number of carbonyl (C=O) groups excluding carboxylic acids is 2. The van der Waals surface area contributed by atoms with Gasteiger partial charge in [-0.2, -0.15) is 13.2 Å². The number of halogens is 3. The highest BCUT2D eigenvalue weighted by Gasteiger charge is 2.30. The van der Waals surface area contributed by atoms with Crippen LogP contribution in [0.15, 0.2) is 97.2 Å². The van der Waals surface area contributed by atoms with Crippen molar-refractivity contribution < 1.29 is 22.8 Å². The van der Waals surface area contributed by atoms with E-state index in [9.17, 15) is 22.8 Å². The van der Waals surface area contributed by atoms with E-state index in [2.05, 4.69) is 15.3 Å². The van der Waals surface area contributed by atoms with Crippen molar-refractivity contribution in [2.45, 2.75) is 19.1 Å². The molecule has 5 aromatic rings. The van der Waals surface area contributed by atoms with Crippen LogP contribution in [0.25, 0.3) is 22.2 Å². The van der Waals surface area contributed by atoms with Crippen LogP contribution in [0.5, 0.6) is 0 Å². The minimum atomic E-state index is -4.43. The molecule has 0 saturated heterocycles. The molecule has 0 unspecified atom stereocenters. The van der Waals surface area contributed by atoms with Gasteiger partial charge in [0.25, 0.3) is 11.8 Å². The van der Waals surface area contributed by atoms with E-state index >= 15 is 0 Å². The molecule has 4 aromatic carbocycles. The molecule has 0 atom stereocenters. The predicted octanol–water partition coefficient (Wildman–Crippen LogP) is 6.77. The number of rotatable bonds is 4. The monoisotopic (exact) mass is 552 g/mol. The van der Waals surface area contributed by atoms with Gasteiger partial charge in [-0.3, -0.25) is 14.6 Å². The summed E-state index contributed by atoms with van der Waals surface area (Å²) in [5.41, 5.74) is 4.91. The number of hydrogen-bond acceptors (Lipinski definition) is 4. The van der Waals surface area contributed by atoms with Gasteiger partial charge in [0.2, 0.25) is 0 Å². The molecule has 1 aromatic heterocycles. The maximum atomic E-state index is 13.2. The zero-order valence-corrected chi connectivity index (χ0v) is 21.7. The molecule has 6 nitrogen and oxygen atoms in total. The van der Waals surface area contributed by atoms with E-state index in [1.165, 1.54) is 18.3 Å². The summed E-state index contributed by atoms with van der Waals surface area (Å²) in [4.78, 5) is 36.9. The highest BCUT2D eigenvalue weighted by molar-refractivity contribution is 6.08. The minimum Gasteiger partial charge on any atom is -0.333 e. The molecule has 9 heteroatoms. The number of fused-ring (bicyclic) bond motifs is 2. The number of nitrogens with one attached hydrogen (secondary N) is 1. The number of hydrogen-bond donors (Lipinski definition) is 1. The molecule has 0 bridgehead atoms. The molecule has 2 heterocycles. The molecule has 41 heavy (non-hydrogen) atoms. The maximum absolute atomic E-state index is 13.2. The Morgan fingerprint density at radius 2 is 1.56 bits per heavy atom. The molecule has 1 aliphatic rings. The Morgan fingerprint density at radius 1 is 0.829 bits per heavy atom.